The Morgan fingerprint density at radius 1 is 1.55 bits per heavy atom. The molecule has 0 aromatic carbocycles. The van der Waals surface area contributed by atoms with Crippen LogP contribution in [0.25, 0.3) is 0 Å². The molecule has 1 aliphatic carbocycles. The zero-order valence-electron chi connectivity index (χ0n) is 11.5. The molecule has 110 valence electrons. The number of rotatable bonds is 7. The molecule has 0 bridgehead atoms. The number of carboxylic acids is 1. The molecule has 1 unspecified atom stereocenters. The number of carbonyl (C=O) groups excluding carboxylic acids is 1. The lowest BCUT2D eigenvalue weighted by molar-refractivity contribution is -0.141. The zero-order valence-corrected chi connectivity index (χ0v) is 11.5. The lowest BCUT2D eigenvalue weighted by atomic mass is 10.1. The summed E-state index contributed by atoms with van der Waals surface area (Å²) in [7, 11) is 0. The molecule has 1 aromatic rings. The molecule has 2 rings (SSSR count). The average Bonchev–Trinajstić information content (AvgIpc) is 3.13. The molecule has 1 fully saturated rings. The van der Waals surface area contributed by atoms with Gasteiger partial charge in [0.05, 0.1) is 18.7 Å². The van der Waals surface area contributed by atoms with Crippen molar-refractivity contribution >= 4 is 12.0 Å². The van der Waals surface area contributed by atoms with Crippen molar-refractivity contribution < 1.29 is 19.1 Å². The Balaban J connectivity index is 1.89. The van der Waals surface area contributed by atoms with Crippen LogP contribution in [0, 0.1) is 5.92 Å². The quantitative estimate of drug-likeness (QED) is 0.801. The standard InChI is InChI=1S/C14H20N2O4/c1-2-10(13(17)18)8-15-14(19)16(11-5-6-11)9-12-4-3-7-20-12/h3-4,7,10-11H,2,5-6,8-9H2,1H3,(H,15,19)(H,17,18). The van der Waals surface area contributed by atoms with E-state index in [1.54, 1.807) is 24.2 Å². The smallest absolute Gasteiger partial charge is 0.318 e. The van der Waals surface area contributed by atoms with Gasteiger partial charge in [-0.05, 0) is 31.4 Å². The van der Waals surface area contributed by atoms with Crippen LogP contribution in [0.2, 0.25) is 0 Å². The zero-order chi connectivity index (χ0) is 14.5. The first-order chi connectivity index (χ1) is 9.61. The van der Waals surface area contributed by atoms with Gasteiger partial charge in [-0.2, -0.15) is 0 Å². The van der Waals surface area contributed by atoms with Crippen LogP contribution in [-0.2, 0) is 11.3 Å². The Morgan fingerprint density at radius 2 is 2.30 bits per heavy atom. The number of hydrogen-bond acceptors (Lipinski definition) is 3. The average molecular weight is 280 g/mol. The molecule has 0 aliphatic heterocycles. The van der Waals surface area contributed by atoms with E-state index in [2.05, 4.69) is 5.32 Å². The normalized spacial score (nSPS) is 15.7. The predicted molar refractivity (Wildman–Crippen MR) is 72.1 cm³/mol. The number of urea groups is 1. The monoisotopic (exact) mass is 280 g/mol. The van der Waals surface area contributed by atoms with Crippen molar-refractivity contribution in [1.82, 2.24) is 10.2 Å². The molecule has 6 nitrogen and oxygen atoms in total. The fraction of sp³-hybridized carbons (Fsp3) is 0.571. The third-order valence-electron chi connectivity index (χ3n) is 3.50. The van der Waals surface area contributed by atoms with Gasteiger partial charge in [-0.1, -0.05) is 6.92 Å². The lowest BCUT2D eigenvalue weighted by Crippen LogP contribution is -2.43. The first-order valence-electron chi connectivity index (χ1n) is 6.91. The van der Waals surface area contributed by atoms with E-state index in [-0.39, 0.29) is 18.6 Å². The molecule has 2 N–H and O–H groups in total. The van der Waals surface area contributed by atoms with Crippen molar-refractivity contribution in [2.24, 2.45) is 5.92 Å². The Labute approximate surface area is 117 Å². The number of aliphatic carboxylic acids is 1. The fourth-order valence-corrected chi connectivity index (χ4v) is 2.04. The van der Waals surface area contributed by atoms with E-state index in [0.717, 1.165) is 18.6 Å². The van der Waals surface area contributed by atoms with E-state index in [1.807, 2.05) is 6.07 Å². The largest absolute Gasteiger partial charge is 0.481 e. The highest BCUT2D eigenvalue weighted by molar-refractivity contribution is 5.76. The van der Waals surface area contributed by atoms with Crippen LogP contribution in [0.4, 0.5) is 4.79 Å². The van der Waals surface area contributed by atoms with Crippen molar-refractivity contribution in [3.8, 4) is 0 Å². The van der Waals surface area contributed by atoms with E-state index < -0.39 is 11.9 Å². The molecule has 0 spiro atoms. The first kappa shape index (κ1) is 14.4. The Kier molecular flexibility index (Phi) is 4.65. The lowest BCUT2D eigenvalue weighted by Gasteiger charge is -2.22. The molecule has 20 heavy (non-hydrogen) atoms. The first-order valence-corrected chi connectivity index (χ1v) is 6.91. The summed E-state index contributed by atoms with van der Waals surface area (Å²) < 4.78 is 5.26. The molecule has 1 aromatic heterocycles. The Hall–Kier alpha value is -1.98. The maximum atomic E-state index is 12.2. The van der Waals surface area contributed by atoms with Crippen LogP contribution < -0.4 is 5.32 Å². The third kappa shape index (κ3) is 3.76. The van der Waals surface area contributed by atoms with Crippen molar-refractivity contribution in [1.29, 1.82) is 0 Å². The number of nitrogens with one attached hydrogen (secondary N) is 1. The van der Waals surface area contributed by atoms with Crippen LogP contribution in [0.15, 0.2) is 22.8 Å². The Bertz CT molecular complexity index is 454. The van der Waals surface area contributed by atoms with Crippen LogP contribution in [0.3, 0.4) is 0 Å². The number of hydrogen-bond donors (Lipinski definition) is 2. The van der Waals surface area contributed by atoms with E-state index in [1.165, 1.54) is 0 Å². The van der Waals surface area contributed by atoms with Gasteiger partial charge in [0.25, 0.3) is 0 Å². The van der Waals surface area contributed by atoms with Crippen LogP contribution in [-0.4, -0.2) is 34.6 Å². The molecule has 6 heteroatoms. The topological polar surface area (TPSA) is 82.8 Å². The summed E-state index contributed by atoms with van der Waals surface area (Å²) in [4.78, 5) is 24.8. The molecular formula is C14H20N2O4. The van der Waals surface area contributed by atoms with E-state index in [4.69, 9.17) is 9.52 Å². The maximum absolute atomic E-state index is 12.2. The number of carboxylic acid groups (broad SMARTS) is 1. The maximum Gasteiger partial charge on any atom is 0.318 e. The molecule has 1 heterocycles. The summed E-state index contributed by atoms with van der Waals surface area (Å²) in [6, 6.07) is 3.64. The summed E-state index contributed by atoms with van der Waals surface area (Å²) >= 11 is 0. The second-order valence-corrected chi connectivity index (χ2v) is 5.07. The minimum Gasteiger partial charge on any atom is -0.481 e. The SMILES string of the molecule is CCC(CNC(=O)N(Cc1ccco1)C1CC1)C(=O)O. The number of nitrogens with zero attached hydrogens (tertiary/aromatic N) is 1. The van der Waals surface area contributed by atoms with Gasteiger partial charge >= 0.3 is 12.0 Å². The highest BCUT2D eigenvalue weighted by atomic mass is 16.4. The second kappa shape index (κ2) is 6.45. The van der Waals surface area contributed by atoms with Crippen LogP contribution >= 0.6 is 0 Å². The third-order valence-corrected chi connectivity index (χ3v) is 3.50. The molecule has 0 radical (unpaired) electrons. The molecule has 1 aliphatic rings. The minimum atomic E-state index is -0.878. The number of amides is 2. The molecule has 1 saturated carbocycles. The van der Waals surface area contributed by atoms with E-state index in [0.29, 0.717) is 13.0 Å². The fourth-order valence-electron chi connectivity index (χ4n) is 2.04. The van der Waals surface area contributed by atoms with Crippen molar-refractivity contribution in [3.63, 3.8) is 0 Å². The van der Waals surface area contributed by atoms with E-state index in [9.17, 15) is 9.59 Å². The van der Waals surface area contributed by atoms with Crippen LogP contribution in [0.5, 0.6) is 0 Å². The molecule has 0 saturated heterocycles. The van der Waals surface area contributed by atoms with Gasteiger partial charge in [0.15, 0.2) is 0 Å². The van der Waals surface area contributed by atoms with Gasteiger partial charge in [0.1, 0.15) is 5.76 Å². The summed E-state index contributed by atoms with van der Waals surface area (Å²) in [6.45, 7) is 2.38. The summed E-state index contributed by atoms with van der Waals surface area (Å²) in [6.07, 6.45) is 4.06. The minimum absolute atomic E-state index is 0.159. The van der Waals surface area contributed by atoms with Gasteiger partial charge in [0.2, 0.25) is 0 Å². The van der Waals surface area contributed by atoms with Crippen molar-refractivity contribution in [2.75, 3.05) is 6.54 Å². The molecular weight excluding hydrogens is 260 g/mol. The molecule has 2 amide bonds. The highest BCUT2D eigenvalue weighted by Gasteiger charge is 2.33. The van der Waals surface area contributed by atoms with Gasteiger partial charge in [0, 0.05) is 12.6 Å². The van der Waals surface area contributed by atoms with Crippen molar-refractivity contribution in [3.05, 3.63) is 24.2 Å². The van der Waals surface area contributed by atoms with Gasteiger partial charge in [-0.15, -0.1) is 0 Å². The number of carbonyl (C=O) groups is 2. The molecule has 1 atom stereocenters. The number of furan rings is 1. The van der Waals surface area contributed by atoms with Crippen molar-refractivity contribution in [2.45, 2.75) is 38.8 Å². The second-order valence-electron chi connectivity index (χ2n) is 5.07. The van der Waals surface area contributed by atoms with Crippen LogP contribution in [0.1, 0.15) is 31.9 Å². The van der Waals surface area contributed by atoms with Gasteiger partial charge in [-0.3, -0.25) is 4.79 Å². The van der Waals surface area contributed by atoms with Gasteiger partial charge < -0.3 is 19.7 Å². The van der Waals surface area contributed by atoms with Gasteiger partial charge in [-0.25, -0.2) is 4.79 Å². The van der Waals surface area contributed by atoms with E-state index >= 15 is 0 Å². The highest BCUT2D eigenvalue weighted by Crippen LogP contribution is 2.28. The summed E-state index contributed by atoms with van der Waals surface area (Å²) in [5.41, 5.74) is 0. The Morgan fingerprint density at radius 3 is 2.80 bits per heavy atom. The summed E-state index contributed by atoms with van der Waals surface area (Å²) in [5.74, 6) is -0.683. The predicted octanol–water partition coefficient (Wildman–Crippen LogP) is 2.06. The summed E-state index contributed by atoms with van der Waals surface area (Å²) in [5, 5.41) is 11.7.